The standard InChI is InChI=1S/C7H14O/c1-4-5-6-7(2)8-3/h4,7H,1,5-6H2,2-3H3/t7-/m1/s1. The van der Waals surface area contributed by atoms with Crippen LogP contribution >= 0.6 is 0 Å². The fraction of sp³-hybridized carbons (Fsp3) is 0.714. The summed E-state index contributed by atoms with van der Waals surface area (Å²) >= 11 is 0. The van der Waals surface area contributed by atoms with Gasteiger partial charge >= 0.3 is 0 Å². The second-order valence-corrected chi connectivity index (χ2v) is 1.91. The molecule has 48 valence electrons. The summed E-state index contributed by atoms with van der Waals surface area (Å²) in [4.78, 5) is 0. The van der Waals surface area contributed by atoms with Crippen molar-refractivity contribution in [2.24, 2.45) is 0 Å². The lowest BCUT2D eigenvalue weighted by atomic mass is 10.2. The van der Waals surface area contributed by atoms with Crippen LogP contribution in [0.5, 0.6) is 0 Å². The minimum absolute atomic E-state index is 0.382. The summed E-state index contributed by atoms with van der Waals surface area (Å²) in [6.45, 7) is 5.67. The van der Waals surface area contributed by atoms with Gasteiger partial charge in [0.25, 0.3) is 0 Å². The lowest BCUT2D eigenvalue weighted by molar-refractivity contribution is 0.112. The summed E-state index contributed by atoms with van der Waals surface area (Å²) in [5.41, 5.74) is 0. The van der Waals surface area contributed by atoms with Gasteiger partial charge in [0.05, 0.1) is 6.10 Å². The first kappa shape index (κ1) is 7.70. The second kappa shape index (κ2) is 4.85. The van der Waals surface area contributed by atoms with E-state index in [1.165, 1.54) is 0 Å². The molecule has 0 saturated carbocycles. The fourth-order valence-electron chi connectivity index (χ4n) is 0.470. The number of hydrogen-bond acceptors (Lipinski definition) is 1. The summed E-state index contributed by atoms with van der Waals surface area (Å²) in [5.74, 6) is 0. The average molecular weight is 114 g/mol. The molecule has 0 spiro atoms. The first-order valence-corrected chi connectivity index (χ1v) is 2.95. The molecule has 1 heteroatoms. The summed E-state index contributed by atoms with van der Waals surface area (Å²) in [5, 5.41) is 0. The molecular formula is C7H14O. The predicted octanol–water partition coefficient (Wildman–Crippen LogP) is 1.99. The maximum absolute atomic E-state index is 5.00. The molecule has 0 aliphatic rings. The lowest BCUT2D eigenvalue weighted by Crippen LogP contribution is -2.02. The molecule has 0 unspecified atom stereocenters. The van der Waals surface area contributed by atoms with Gasteiger partial charge in [-0.2, -0.15) is 0 Å². The van der Waals surface area contributed by atoms with Gasteiger partial charge in [-0.15, -0.1) is 6.58 Å². The molecule has 0 N–H and O–H groups in total. The Labute approximate surface area is 51.4 Å². The van der Waals surface area contributed by atoms with Crippen LogP contribution in [-0.4, -0.2) is 13.2 Å². The van der Waals surface area contributed by atoms with Gasteiger partial charge in [0.15, 0.2) is 0 Å². The van der Waals surface area contributed by atoms with Crippen molar-refractivity contribution in [3.05, 3.63) is 12.7 Å². The Morgan fingerprint density at radius 3 is 2.75 bits per heavy atom. The topological polar surface area (TPSA) is 9.23 Å². The molecule has 0 bridgehead atoms. The van der Waals surface area contributed by atoms with E-state index >= 15 is 0 Å². The molecule has 0 saturated heterocycles. The average Bonchev–Trinajstić information content (AvgIpc) is 1.83. The van der Waals surface area contributed by atoms with Crippen LogP contribution in [0.1, 0.15) is 19.8 Å². The van der Waals surface area contributed by atoms with E-state index in [1.54, 1.807) is 7.11 Å². The zero-order chi connectivity index (χ0) is 6.41. The second-order valence-electron chi connectivity index (χ2n) is 1.91. The van der Waals surface area contributed by atoms with E-state index in [1.807, 2.05) is 6.08 Å². The van der Waals surface area contributed by atoms with E-state index in [9.17, 15) is 0 Å². The Kier molecular flexibility index (Phi) is 4.67. The Morgan fingerprint density at radius 2 is 2.38 bits per heavy atom. The molecule has 0 heterocycles. The van der Waals surface area contributed by atoms with Crippen LogP contribution in [0, 0.1) is 0 Å². The molecule has 0 aromatic heterocycles. The Morgan fingerprint density at radius 1 is 1.75 bits per heavy atom. The van der Waals surface area contributed by atoms with Crippen molar-refractivity contribution in [1.82, 2.24) is 0 Å². The van der Waals surface area contributed by atoms with Crippen LogP contribution in [0.2, 0.25) is 0 Å². The van der Waals surface area contributed by atoms with Gasteiger partial charge in [-0.3, -0.25) is 0 Å². The molecule has 0 aromatic carbocycles. The highest BCUT2D eigenvalue weighted by atomic mass is 16.5. The third-order valence-electron chi connectivity index (χ3n) is 1.18. The monoisotopic (exact) mass is 114 g/mol. The SMILES string of the molecule is C=CCC[C@@H](C)OC. The van der Waals surface area contributed by atoms with Crippen molar-refractivity contribution in [1.29, 1.82) is 0 Å². The summed E-state index contributed by atoms with van der Waals surface area (Å²) < 4.78 is 5.00. The van der Waals surface area contributed by atoms with Crippen molar-refractivity contribution in [3.63, 3.8) is 0 Å². The largest absolute Gasteiger partial charge is 0.382 e. The van der Waals surface area contributed by atoms with Crippen LogP contribution in [0.4, 0.5) is 0 Å². The van der Waals surface area contributed by atoms with Crippen molar-refractivity contribution < 1.29 is 4.74 Å². The lowest BCUT2D eigenvalue weighted by Gasteiger charge is -2.04. The third-order valence-corrected chi connectivity index (χ3v) is 1.18. The summed E-state index contributed by atoms with van der Waals surface area (Å²) in [6.07, 6.45) is 4.43. The van der Waals surface area contributed by atoms with E-state index < -0.39 is 0 Å². The van der Waals surface area contributed by atoms with Crippen LogP contribution < -0.4 is 0 Å². The Hall–Kier alpha value is -0.300. The van der Waals surface area contributed by atoms with Crippen LogP contribution in [0.25, 0.3) is 0 Å². The summed E-state index contributed by atoms with van der Waals surface area (Å²) in [7, 11) is 1.73. The third kappa shape index (κ3) is 3.88. The molecule has 1 atom stereocenters. The first-order chi connectivity index (χ1) is 3.81. The van der Waals surface area contributed by atoms with Crippen molar-refractivity contribution in [2.75, 3.05) is 7.11 Å². The molecule has 0 aromatic rings. The van der Waals surface area contributed by atoms with Gasteiger partial charge in [0.1, 0.15) is 0 Å². The van der Waals surface area contributed by atoms with E-state index in [2.05, 4.69) is 13.5 Å². The highest BCUT2D eigenvalue weighted by Gasteiger charge is 1.93. The maximum atomic E-state index is 5.00. The Balaban J connectivity index is 2.97. The highest BCUT2D eigenvalue weighted by Crippen LogP contribution is 1.98. The van der Waals surface area contributed by atoms with Gasteiger partial charge in [0, 0.05) is 7.11 Å². The smallest absolute Gasteiger partial charge is 0.0546 e. The Bertz CT molecular complexity index is 59.4. The number of rotatable bonds is 4. The van der Waals surface area contributed by atoms with E-state index in [4.69, 9.17) is 4.74 Å². The molecule has 0 fully saturated rings. The molecule has 8 heavy (non-hydrogen) atoms. The van der Waals surface area contributed by atoms with E-state index in [0.717, 1.165) is 12.8 Å². The molecule has 0 radical (unpaired) electrons. The number of allylic oxidation sites excluding steroid dienone is 1. The van der Waals surface area contributed by atoms with Gasteiger partial charge in [-0.05, 0) is 19.8 Å². The molecule has 0 aliphatic carbocycles. The van der Waals surface area contributed by atoms with Gasteiger partial charge in [0.2, 0.25) is 0 Å². The minimum Gasteiger partial charge on any atom is -0.382 e. The van der Waals surface area contributed by atoms with Gasteiger partial charge in [-0.1, -0.05) is 6.08 Å². The van der Waals surface area contributed by atoms with Crippen LogP contribution in [-0.2, 0) is 4.74 Å². The van der Waals surface area contributed by atoms with E-state index in [0.29, 0.717) is 6.10 Å². The quantitative estimate of drug-likeness (QED) is 0.508. The number of ether oxygens (including phenoxy) is 1. The first-order valence-electron chi connectivity index (χ1n) is 2.95. The highest BCUT2D eigenvalue weighted by molar-refractivity contribution is 4.67. The van der Waals surface area contributed by atoms with Crippen LogP contribution in [0.3, 0.4) is 0 Å². The van der Waals surface area contributed by atoms with Crippen molar-refractivity contribution >= 4 is 0 Å². The normalized spacial score (nSPS) is 13.2. The zero-order valence-corrected chi connectivity index (χ0v) is 5.68. The number of methoxy groups -OCH3 is 1. The van der Waals surface area contributed by atoms with Crippen molar-refractivity contribution in [3.8, 4) is 0 Å². The van der Waals surface area contributed by atoms with Crippen LogP contribution in [0.15, 0.2) is 12.7 Å². The van der Waals surface area contributed by atoms with E-state index in [-0.39, 0.29) is 0 Å². The molecule has 0 amide bonds. The number of hydrogen-bond donors (Lipinski definition) is 0. The fourth-order valence-corrected chi connectivity index (χ4v) is 0.470. The molecular weight excluding hydrogens is 100 g/mol. The predicted molar refractivity (Wildman–Crippen MR) is 35.9 cm³/mol. The minimum atomic E-state index is 0.382. The van der Waals surface area contributed by atoms with Gasteiger partial charge in [-0.25, -0.2) is 0 Å². The molecule has 1 nitrogen and oxygen atoms in total. The van der Waals surface area contributed by atoms with Gasteiger partial charge < -0.3 is 4.74 Å². The maximum Gasteiger partial charge on any atom is 0.0546 e. The zero-order valence-electron chi connectivity index (χ0n) is 5.68. The van der Waals surface area contributed by atoms with Crippen molar-refractivity contribution in [2.45, 2.75) is 25.9 Å². The molecule has 0 aliphatic heterocycles. The molecule has 0 rings (SSSR count). The summed E-state index contributed by atoms with van der Waals surface area (Å²) in [6, 6.07) is 0.